The predicted octanol–water partition coefficient (Wildman–Crippen LogP) is 3.18. The zero-order chi connectivity index (χ0) is 17.8. The van der Waals surface area contributed by atoms with Crippen LogP contribution < -0.4 is 0 Å². The van der Waals surface area contributed by atoms with Crippen LogP contribution in [0.5, 0.6) is 0 Å². The SMILES string of the molecule is CN1CCN(CCCc2cccn2-c2nccc(-c3cccs3)n2)CC1. The maximum atomic E-state index is 4.77. The molecule has 0 atom stereocenters. The van der Waals surface area contributed by atoms with Gasteiger partial charge in [0.1, 0.15) is 0 Å². The van der Waals surface area contributed by atoms with E-state index in [4.69, 9.17) is 4.98 Å². The topological polar surface area (TPSA) is 37.2 Å². The maximum Gasteiger partial charge on any atom is 0.234 e. The molecule has 136 valence electrons. The highest BCUT2D eigenvalue weighted by atomic mass is 32.1. The number of nitrogens with zero attached hydrogens (tertiary/aromatic N) is 5. The van der Waals surface area contributed by atoms with Crippen molar-refractivity contribution in [2.45, 2.75) is 12.8 Å². The molecule has 6 heteroatoms. The Morgan fingerprint density at radius 1 is 1.08 bits per heavy atom. The lowest BCUT2D eigenvalue weighted by Crippen LogP contribution is -2.44. The molecule has 0 spiro atoms. The first-order valence-corrected chi connectivity index (χ1v) is 10.1. The molecule has 1 saturated heterocycles. The van der Waals surface area contributed by atoms with Crippen LogP contribution in [0.4, 0.5) is 0 Å². The van der Waals surface area contributed by atoms with Crippen LogP contribution in [-0.2, 0) is 6.42 Å². The summed E-state index contributed by atoms with van der Waals surface area (Å²) in [4.78, 5) is 15.4. The van der Waals surface area contributed by atoms with Crippen molar-refractivity contribution in [3.8, 4) is 16.5 Å². The zero-order valence-corrected chi connectivity index (χ0v) is 16.0. The van der Waals surface area contributed by atoms with Crippen molar-refractivity contribution in [1.29, 1.82) is 0 Å². The van der Waals surface area contributed by atoms with Gasteiger partial charge in [0.05, 0.1) is 10.6 Å². The summed E-state index contributed by atoms with van der Waals surface area (Å²) in [5, 5.41) is 2.08. The molecule has 0 aromatic carbocycles. The normalized spacial score (nSPS) is 16.2. The summed E-state index contributed by atoms with van der Waals surface area (Å²) < 4.78 is 2.13. The number of likely N-dealkylation sites (N-methyl/N-ethyl adjacent to an activating group) is 1. The van der Waals surface area contributed by atoms with Gasteiger partial charge in [-0.1, -0.05) is 6.07 Å². The van der Waals surface area contributed by atoms with Gasteiger partial charge in [-0.05, 0) is 56.1 Å². The van der Waals surface area contributed by atoms with E-state index in [0.717, 1.165) is 24.6 Å². The van der Waals surface area contributed by atoms with Gasteiger partial charge in [-0.2, -0.15) is 0 Å². The molecule has 0 aliphatic carbocycles. The molecule has 0 unspecified atom stereocenters. The molecule has 3 aromatic heterocycles. The Kier molecular flexibility index (Phi) is 5.43. The molecule has 1 aliphatic heterocycles. The summed E-state index contributed by atoms with van der Waals surface area (Å²) in [6, 6.07) is 10.4. The molecule has 3 aromatic rings. The predicted molar refractivity (Wildman–Crippen MR) is 107 cm³/mol. The number of hydrogen-bond acceptors (Lipinski definition) is 5. The zero-order valence-electron chi connectivity index (χ0n) is 15.2. The van der Waals surface area contributed by atoms with Gasteiger partial charge in [-0.15, -0.1) is 11.3 Å². The summed E-state index contributed by atoms with van der Waals surface area (Å²) in [6.07, 6.45) is 6.13. The van der Waals surface area contributed by atoms with E-state index in [1.165, 1.54) is 43.2 Å². The third-order valence-electron chi connectivity index (χ3n) is 4.97. The summed E-state index contributed by atoms with van der Waals surface area (Å²) >= 11 is 1.71. The highest BCUT2D eigenvalue weighted by molar-refractivity contribution is 7.13. The second kappa shape index (κ2) is 8.12. The Labute approximate surface area is 158 Å². The largest absolute Gasteiger partial charge is 0.304 e. The van der Waals surface area contributed by atoms with Crippen LogP contribution in [-0.4, -0.2) is 64.1 Å². The van der Waals surface area contributed by atoms with E-state index in [9.17, 15) is 0 Å². The monoisotopic (exact) mass is 367 g/mol. The van der Waals surface area contributed by atoms with Gasteiger partial charge >= 0.3 is 0 Å². The van der Waals surface area contributed by atoms with Crippen LogP contribution in [0.25, 0.3) is 16.5 Å². The van der Waals surface area contributed by atoms with E-state index in [2.05, 4.69) is 62.2 Å². The van der Waals surface area contributed by atoms with Gasteiger partial charge in [0.25, 0.3) is 0 Å². The minimum atomic E-state index is 0.760. The quantitative estimate of drug-likeness (QED) is 0.671. The van der Waals surface area contributed by atoms with Crippen molar-refractivity contribution in [2.75, 3.05) is 39.8 Å². The average Bonchev–Trinajstić information content (AvgIpc) is 3.35. The second-order valence-corrected chi connectivity index (χ2v) is 7.78. The number of thiophene rings is 1. The van der Waals surface area contributed by atoms with Crippen LogP contribution in [0.2, 0.25) is 0 Å². The third kappa shape index (κ3) is 4.03. The van der Waals surface area contributed by atoms with Crippen LogP contribution >= 0.6 is 11.3 Å². The van der Waals surface area contributed by atoms with E-state index in [-0.39, 0.29) is 0 Å². The second-order valence-electron chi connectivity index (χ2n) is 6.84. The first-order valence-electron chi connectivity index (χ1n) is 9.24. The van der Waals surface area contributed by atoms with Crippen LogP contribution in [0, 0.1) is 0 Å². The van der Waals surface area contributed by atoms with E-state index >= 15 is 0 Å². The molecule has 1 aliphatic rings. The van der Waals surface area contributed by atoms with Crippen LogP contribution in [0.3, 0.4) is 0 Å². The van der Waals surface area contributed by atoms with Gasteiger partial charge in [-0.25, -0.2) is 9.97 Å². The summed E-state index contributed by atoms with van der Waals surface area (Å²) in [5.41, 5.74) is 2.27. The molecule has 1 fully saturated rings. The van der Waals surface area contributed by atoms with Crippen LogP contribution in [0.1, 0.15) is 12.1 Å². The maximum absolute atomic E-state index is 4.77. The molecule has 0 radical (unpaired) electrons. The summed E-state index contributed by atoms with van der Waals surface area (Å²) in [5.74, 6) is 0.760. The Morgan fingerprint density at radius 2 is 1.96 bits per heavy atom. The molecule has 0 bridgehead atoms. The van der Waals surface area contributed by atoms with Crippen molar-refractivity contribution in [3.63, 3.8) is 0 Å². The molecule has 0 N–H and O–H groups in total. The minimum Gasteiger partial charge on any atom is -0.304 e. The van der Waals surface area contributed by atoms with Gasteiger partial charge in [0, 0.05) is 44.3 Å². The fourth-order valence-electron chi connectivity index (χ4n) is 3.40. The fraction of sp³-hybridized carbons (Fsp3) is 0.400. The van der Waals surface area contributed by atoms with Gasteiger partial charge in [0.2, 0.25) is 5.95 Å². The molecule has 4 heterocycles. The van der Waals surface area contributed by atoms with Gasteiger partial charge < -0.3 is 9.80 Å². The van der Waals surface area contributed by atoms with Crippen molar-refractivity contribution in [3.05, 3.63) is 53.8 Å². The average molecular weight is 368 g/mol. The molecule has 5 nitrogen and oxygen atoms in total. The van der Waals surface area contributed by atoms with Gasteiger partial charge in [-0.3, -0.25) is 4.57 Å². The van der Waals surface area contributed by atoms with E-state index in [1.807, 2.05) is 12.3 Å². The number of hydrogen-bond donors (Lipinski definition) is 0. The van der Waals surface area contributed by atoms with E-state index in [1.54, 1.807) is 11.3 Å². The lowest BCUT2D eigenvalue weighted by Gasteiger charge is -2.32. The number of rotatable bonds is 6. The number of piperazine rings is 1. The van der Waals surface area contributed by atoms with Crippen molar-refractivity contribution in [1.82, 2.24) is 24.3 Å². The first kappa shape index (κ1) is 17.4. The Balaban J connectivity index is 1.41. The fourth-order valence-corrected chi connectivity index (χ4v) is 4.09. The van der Waals surface area contributed by atoms with Gasteiger partial charge in [0.15, 0.2) is 0 Å². The van der Waals surface area contributed by atoms with E-state index in [0.29, 0.717) is 0 Å². The summed E-state index contributed by atoms with van der Waals surface area (Å²) in [6.45, 7) is 5.89. The summed E-state index contributed by atoms with van der Waals surface area (Å²) in [7, 11) is 2.20. The third-order valence-corrected chi connectivity index (χ3v) is 5.86. The highest BCUT2D eigenvalue weighted by Gasteiger charge is 2.14. The van der Waals surface area contributed by atoms with Crippen LogP contribution in [0.15, 0.2) is 48.1 Å². The Morgan fingerprint density at radius 3 is 2.77 bits per heavy atom. The lowest BCUT2D eigenvalue weighted by atomic mass is 10.2. The van der Waals surface area contributed by atoms with Crippen molar-refractivity contribution < 1.29 is 0 Å². The smallest absolute Gasteiger partial charge is 0.234 e. The standard InChI is InChI=1S/C20H25N5S/c1-23-12-14-24(15-13-23)10-2-5-17-6-3-11-25(17)20-21-9-8-18(22-20)19-7-4-16-26-19/h3-4,6-9,11,16H,2,5,10,12-15H2,1H3. The molecule has 0 amide bonds. The molecule has 0 saturated carbocycles. The number of aromatic nitrogens is 3. The van der Waals surface area contributed by atoms with Crippen molar-refractivity contribution >= 4 is 11.3 Å². The first-order chi connectivity index (χ1) is 12.8. The molecule has 4 rings (SSSR count). The highest BCUT2D eigenvalue weighted by Crippen LogP contribution is 2.23. The number of aryl methyl sites for hydroxylation is 1. The Bertz CT molecular complexity index is 818. The molecular formula is C20H25N5S. The Hall–Kier alpha value is -2.02. The molecule has 26 heavy (non-hydrogen) atoms. The van der Waals surface area contributed by atoms with E-state index < -0.39 is 0 Å². The lowest BCUT2D eigenvalue weighted by molar-refractivity contribution is 0.153. The molecular weight excluding hydrogens is 342 g/mol. The van der Waals surface area contributed by atoms with Crippen molar-refractivity contribution in [2.24, 2.45) is 0 Å². The minimum absolute atomic E-state index is 0.760.